The predicted molar refractivity (Wildman–Crippen MR) is 50.3 cm³/mol. The minimum Gasteiger partial charge on any atom is -0.323 e. The highest BCUT2D eigenvalue weighted by atomic mass is 16.2. The first-order valence-corrected chi connectivity index (χ1v) is 4.19. The molecule has 0 unspecified atom stereocenters. The number of amides is 1. The summed E-state index contributed by atoms with van der Waals surface area (Å²) >= 11 is 0. The van der Waals surface area contributed by atoms with Gasteiger partial charge in [0.05, 0.1) is 5.70 Å². The van der Waals surface area contributed by atoms with Gasteiger partial charge in [0, 0.05) is 18.1 Å². The van der Waals surface area contributed by atoms with Crippen molar-refractivity contribution in [2.45, 2.75) is 20.8 Å². The molecule has 1 amide bonds. The molecule has 74 valence electrons. The molecule has 1 aliphatic carbocycles. The van der Waals surface area contributed by atoms with Gasteiger partial charge in [-0.1, -0.05) is 0 Å². The van der Waals surface area contributed by atoms with Gasteiger partial charge in [0.25, 0.3) is 0 Å². The molecule has 0 fully saturated rings. The van der Waals surface area contributed by atoms with Gasteiger partial charge in [0.15, 0.2) is 5.78 Å². The monoisotopic (exact) mass is 193 g/mol. The standard InChI is InChI=1S/C10H11NO3/c1-5-4-8(13)9(11-7(3)12)6(2)10(5)14/h4H,1-3H3,(H,11,12). The summed E-state index contributed by atoms with van der Waals surface area (Å²) in [5.74, 6) is -0.878. The third-order valence-electron chi connectivity index (χ3n) is 1.97. The second kappa shape index (κ2) is 3.57. The van der Waals surface area contributed by atoms with Gasteiger partial charge in [-0.25, -0.2) is 0 Å². The van der Waals surface area contributed by atoms with Crippen LogP contribution in [0, 0.1) is 0 Å². The van der Waals surface area contributed by atoms with Crippen molar-refractivity contribution in [2.24, 2.45) is 0 Å². The lowest BCUT2D eigenvalue weighted by molar-refractivity contribution is -0.120. The number of allylic oxidation sites excluding steroid dienone is 3. The Bertz CT molecular complexity index is 388. The fourth-order valence-electron chi connectivity index (χ4n) is 1.26. The first-order valence-electron chi connectivity index (χ1n) is 4.19. The SMILES string of the molecule is CC(=O)NC1=C(C)C(=O)C(C)=CC1=O. The van der Waals surface area contributed by atoms with Crippen LogP contribution in [-0.2, 0) is 14.4 Å². The van der Waals surface area contributed by atoms with Crippen molar-refractivity contribution in [1.82, 2.24) is 5.32 Å². The van der Waals surface area contributed by atoms with E-state index in [0.29, 0.717) is 11.1 Å². The maximum absolute atomic E-state index is 11.4. The van der Waals surface area contributed by atoms with Crippen LogP contribution in [-0.4, -0.2) is 17.5 Å². The lowest BCUT2D eigenvalue weighted by atomic mass is 9.95. The molecule has 0 aromatic rings. The van der Waals surface area contributed by atoms with Crippen molar-refractivity contribution in [3.05, 3.63) is 22.9 Å². The van der Waals surface area contributed by atoms with Gasteiger partial charge in [0.2, 0.25) is 11.7 Å². The zero-order chi connectivity index (χ0) is 10.9. The van der Waals surface area contributed by atoms with Gasteiger partial charge in [-0.2, -0.15) is 0 Å². The number of carbonyl (C=O) groups excluding carboxylic acids is 3. The summed E-state index contributed by atoms with van der Waals surface area (Å²) in [7, 11) is 0. The molecule has 0 heterocycles. The number of ketones is 2. The molecule has 4 nitrogen and oxygen atoms in total. The van der Waals surface area contributed by atoms with E-state index in [4.69, 9.17) is 0 Å². The zero-order valence-corrected chi connectivity index (χ0v) is 8.30. The minimum absolute atomic E-state index is 0.0908. The molecule has 0 atom stereocenters. The van der Waals surface area contributed by atoms with E-state index in [9.17, 15) is 14.4 Å². The Hall–Kier alpha value is -1.71. The summed E-state index contributed by atoms with van der Waals surface area (Å²) in [4.78, 5) is 33.6. The minimum atomic E-state index is -0.353. The molecule has 0 saturated heterocycles. The third kappa shape index (κ3) is 1.79. The molecule has 1 rings (SSSR count). The highest BCUT2D eigenvalue weighted by molar-refractivity contribution is 6.22. The highest BCUT2D eigenvalue weighted by Crippen LogP contribution is 2.16. The van der Waals surface area contributed by atoms with Crippen LogP contribution in [0.1, 0.15) is 20.8 Å². The molecule has 0 aromatic heterocycles. The normalized spacial score (nSPS) is 16.9. The first-order chi connectivity index (χ1) is 6.43. The number of Topliss-reactive ketones (excluding diaryl/α,β-unsaturated/α-hetero) is 1. The van der Waals surface area contributed by atoms with Crippen LogP contribution in [0.5, 0.6) is 0 Å². The summed E-state index contributed by atoms with van der Waals surface area (Å²) < 4.78 is 0. The smallest absolute Gasteiger partial charge is 0.221 e. The Morgan fingerprint density at radius 3 is 2.36 bits per heavy atom. The Labute approximate surface area is 81.7 Å². The quantitative estimate of drug-likeness (QED) is 0.616. The largest absolute Gasteiger partial charge is 0.323 e. The molecule has 1 N–H and O–H groups in total. The number of hydrogen-bond donors (Lipinski definition) is 1. The summed E-state index contributed by atoms with van der Waals surface area (Å²) in [6.07, 6.45) is 1.24. The second-order valence-corrected chi connectivity index (χ2v) is 3.20. The van der Waals surface area contributed by atoms with Crippen molar-refractivity contribution in [3.63, 3.8) is 0 Å². The van der Waals surface area contributed by atoms with Crippen molar-refractivity contribution < 1.29 is 14.4 Å². The van der Waals surface area contributed by atoms with Crippen LogP contribution in [0.15, 0.2) is 22.9 Å². The van der Waals surface area contributed by atoms with Crippen LogP contribution >= 0.6 is 0 Å². The highest BCUT2D eigenvalue weighted by Gasteiger charge is 2.23. The molecule has 1 aliphatic rings. The van der Waals surface area contributed by atoms with Gasteiger partial charge in [-0.05, 0) is 19.9 Å². The van der Waals surface area contributed by atoms with Crippen LogP contribution < -0.4 is 5.32 Å². The van der Waals surface area contributed by atoms with E-state index in [0.717, 1.165) is 0 Å². The zero-order valence-electron chi connectivity index (χ0n) is 8.30. The molecule has 14 heavy (non-hydrogen) atoms. The van der Waals surface area contributed by atoms with E-state index in [1.807, 2.05) is 0 Å². The van der Waals surface area contributed by atoms with Gasteiger partial charge in [-0.3, -0.25) is 14.4 Å². The average molecular weight is 193 g/mol. The molecule has 0 aromatic carbocycles. The van der Waals surface area contributed by atoms with E-state index < -0.39 is 0 Å². The molecular formula is C10H11NO3. The fourth-order valence-corrected chi connectivity index (χ4v) is 1.26. The average Bonchev–Trinajstić information content (AvgIpc) is 2.09. The maximum Gasteiger partial charge on any atom is 0.221 e. The van der Waals surface area contributed by atoms with Crippen molar-refractivity contribution in [1.29, 1.82) is 0 Å². The van der Waals surface area contributed by atoms with Crippen molar-refractivity contribution in [2.75, 3.05) is 0 Å². The van der Waals surface area contributed by atoms with E-state index in [1.165, 1.54) is 19.9 Å². The van der Waals surface area contributed by atoms with Gasteiger partial charge >= 0.3 is 0 Å². The van der Waals surface area contributed by atoms with Gasteiger partial charge in [-0.15, -0.1) is 0 Å². The Kier molecular flexibility index (Phi) is 2.65. The molecular weight excluding hydrogens is 182 g/mol. The third-order valence-corrected chi connectivity index (χ3v) is 1.97. The number of nitrogens with one attached hydrogen (secondary N) is 1. The summed E-state index contributed by atoms with van der Waals surface area (Å²) in [5.41, 5.74) is 0.792. The molecule has 0 spiro atoms. The summed E-state index contributed by atoms with van der Waals surface area (Å²) in [6.45, 7) is 4.40. The fraction of sp³-hybridized carbons (Fsp3) is 0.300. The van der Waals surface area contributed by atoms with E-state index >= 15 is 0 Å². The Morgan fingerprint density at radius 2 is 1.86 bits per heavy atom. The van der Waals surface area contributed by atoms with Crippen LogP contribution in [0.25, 0.3) is 0 Å². The topological polar surface area (TPSA) is 63.2 Å². The molecule has 0 saturated carbocycles. The van der Waals surface area contributed by atoms with E-state index in [1.54, 1.807) is 6.92 Å². The van der Waals surface area contributed by atoms with E-state index in [2.05, 4.69) is 5.32 Å². The maximum atomic E-state index is 11.4. The van der Waals surface area contributed by atoms with Crippen LogP contribution in [0.4, 0.5) is 0 Å². The summed E-state index contributed by atoms with van der Waals surface area (Å²) in [5, 5.41) is 2.36. The number of rotatable bonds is 1. The first kappa shape index (κ1) is 10.4. The number of hydrogen-bond acceptors (Lipinski definition) is 3. The predicted octanol–water partition coefficient (Wildman–Crippen LogP) is 0.495. The Morgan fingerprint density at radius 1 is 1.29 bits per heavy atom. The molecule has 0 bridgehead atoms. The summed E-state index contributed by atoms with van der Waals surface area (Å²) in [6, 6.07) is 0. The van der Waals surface area contributed by atoms with Crippen LogP contribution in [0.2, 0.25) is 0 Å². The van der Waals surface area contributed by atoms with Crippen molar-refractivity contribution >= 4 is 17.5 Å². The lowest BCUT2D eigenvalue weighted by Crippen LogP contribution is -2.30. The second-order valence-electron chi connectivity index (χ2n) is 3.20. The lowest BCUT2D eigenvalue weighted by Gasteiger charge is -2.14. The Balaban J connectivity index is 3.10. The van der Waals surface area contributed by atoms with Gasteiger partial charge < -0.3 is 5.32 Å². The molecule has 4 heteroatoms. The molecule has 0 aliphatic heterocycles. The number of carbonyl (C=O) groups is 3. The van der Waals surface area contributed by atoms with E-state index in [-0.39, 0.29) is 23.2 Å². The van der Waals surface area contributed by atoms with Gasteiger partial charge in [0.1, 0.15) is 0 Å². The van der Waals surface area contributed by atoms with Crippen molar-refractivity contribution in [3.8, 4) is 0 Å². The van der Waals surface area contributed by atoms with Crippen LogP contribution in [0.3, 0.4) is 0 Å². The molecule has 0 radical (unpaired) electrons.